The highest BCUT2D eigenvalue weighted by Gasteiger charge is 2.28. The number of hydrogen-bond acceptors (Lipinski definition) is 4. The van der Waals surface area contributed by atoms with Crippen molar-refractivity contribution in [2.45, 2.75) is 33.2 Å². The van der Waals surface area contributed by atoms with E-state index >= 15 is 0 Å². The van der Waals surface area contributed by atoms with Crippen LogP contribution in [0.15, 0.2) is 6.07 Å². The molecule has 0 aromatic carbocycles. The van der Waals surface area contributed by atoms with Gasteiger partial charge in [0.25, 0.3) is 5.91 Å². The largest absolute Gasteiger partial charge is 0.379 e. The number of ether oxygens (including phenoxy) is 1. The minimum absolute atomic E-state index is 0.0348. The zero-order valence-corrected chi connectivity index (χ0v) is 13.6. The van der Waals surface area contributed by atoms with E-state index in [9.17, 15) is 4.79 Å². The monoisotopic (exact) mass is 296 g/mol. The molecule has 1 aromatic heterocycles. The van der Waals surface area contributed by atoms with E-state index in [1.807, 2.05) is 13.0 Å². The number of nitrogens with zero attached hydrogens (tertiary/aromatic N) is 1. The lowest BCUT2D eigenvalue weighted by Gasteiger charge is -2.40. The van der Waals surface area contributed by atoms with E-state index in [0.29, 0.717) is 6.54 Å². The minimum atomic E-state index is -0.0409. The SMILES string of the molecule is Cc1cc(C(=O)NCC(C)(C)N2CCOCC2)sc1C. The molecular formula is C15H24N2O2S. The Hall–Kier alpha value is -0.910. The van der Waals surface area contributed by atoms with E-state index in [-0.39, 0.29) is 11.4 Å². The number of hydrogen-bond donors (Lipinski definition) is 1. The maximum absolute atomic E-state index is 12.2. The second-order valence-corrected chi connectivity index (χ2v) is 7.20. The number of carbonyl (C=O) groups is 1. The van der Waals surface area contributed by atoms with Crippen LogP contribution in [0.3, 0.4) is 0 Å². The van der Waals surface area contributed by atoms with E-state index in [0.717, 1.165) is 31.2 Å². The molecule has 2 rings (SSSR count). The summed E-state index contributed by atoms with van der Waals surface area (Å²) in [5.74, 6) is 0.0348. The average Bonchev–Trinajstić information content (AvgIpc) is 2.77. The molecule has 2 heterocycles. The van der Waals surface area contributed by atoms with Crippen molar-refractivity contribution in [1.82, 2.24) is 10.2 Å². The Labute approximate surface area is 125 Å². The second kappa shape index (κ2) is 6.24. The Bertz CT molecular complexity index is 457. The zero-order chi connectivity index (χ0) is 14.8. The van der Waals surface area contributed by atoms with Crippen LogP contribution in [0.25, 0.3) is 0 Å². The summed E-state index contributed by atoms with van der Waals surface area (Å²) in [5.41, 5.74) is 1.15. The number of thiophene rings is 1. The summed E-state index contributed by atoms with van der Waals surface area (Å²) in [4.78, 5) is 16.6. The lowest BCUT2D eigenvalue weighted by Crippen LogP contribution is -2.55. The number of aryl methyl sites for hydroxylation is 2. The van der Waals surface area contributed by atoms with Gasteiger partial charge in [0.2, 0.25) is 0 Å². The normalized spacial score (nSPS) is 17.2. The van der Waals surface area contributed by atoms with Crippen LogP contribution in [0.5, 0.6) is 0 Å². The van der Waals surface area contributed by atoms with Gasteiger partial charge in [-0.05, 0) is 39.3 Å². The van der Waals surface area contributed by atoms with Crippen LogP contribution in [0.1, 0.15) is 34.0 Å². The van der Waals surface area contributed by atoms with Crippen LogP contribution in [0, 0.1) is 13.8 Å². The van der Waals surface area contributed by atoms with Crippen molar-refractivity contribution in [3.63, 3.8) is 0 Å². The highest BCUT2D eigenvalue weighted by Crippen LogP contribution is 2.21. The van der Waals surface area contributed by atoms with Gasteiger partial charge in [0.1, 0.15) is 0 Å². The molecule has 0 saturated carbocycles. The molecule has 0 spiro atoms. The van der Waals surface area contributed by atoms with Gasteiger partial charge in [-0.2, -0.15) is 0 Å². The quantitative estimate of drug-likeness (QED) is 0.926. The Morgan fingerprint density at radius 3 is 2.60 bits per heavy atom. The summed E-state index contributed by atoms with van der Waals surface area (Å²) < 4.78 is 5.38. The minimum Gasteiger partial charge on any atom is -0.379 e. The highest BCUT2D eigenvalue weighted by molar-refractivity contribution is 7.14. The van der Waals surface area contributed by atoms with Gasteiger partial charge in [-0.25, -0.2) is 0 Å². The summed E-state index contributed by atoms with van der Waals surface area (Å²) in [6.45, 7) is 12.5. The van der Waals surface area contributed by atoms with E-state index in [1.165, 1.54) is 10.4 Å². The van der Waals surface area contributed by atoms with Gasteiger partial charge in [0.15, 0.2) is 0 Å². The van der Waals surface area contributed by atoms with Gasteiger partial charge in [-0.1, -0.05) is 0 Å². The van der Waals surface area contributed by atoms with E-state index in [2.05, 4.69) is 31.0 Å². The predicted molar refractivity (Wildman–Crippen MR) is 82.6 cm³/mol. The van der Waals surface area contributed by atoms with Gasteiger partial charge in [0, 0.05) is 30.1 Å². The number of rotatable bonds is 4. The molecule has 1 amide bonds. The van der Waals surface area contributed by atoms with Crippen LogP contribution in [0.2, 0.25) is 0 Å². The first-order chi connectivity index (χ1) is 9.40. The summed E-state index contributed by atoms with van der Waals surface area (Å²) in [6, 6.07) is 1.97. The van der Waals surface area contributed by atoms with Crippen LogP contribution in [-0.4, -0.2) is 49.2 Å². The summed E-state index contributed by atoms with van der Waals surface area (Å²) in [7, 11) is 0. The molecule has 1 aliphatic heterocycles. The van der Waals surface area contributed by atoms with Crippen LogP contribution in [-0.2, 0) is 4.74 Å². The molecule has 5 heteroatoms. The van der Waals surface area contributed by atoms with E-state index < -0.39 is 0 Å². The highest BCUT2D eigenvalue weighted by atomic mass is 32.1. The fourth-order valence-electron chi connectivity index (χ4n) is 2.35. The molecule has 0 atom stereocenters. The fraction of sp³-hybridized carbons (Fsp3) is 0.667. The topological polar surface area (TPSA) is 41.6 Å². The molecule has 4 nitrogen and oxygen atoms in total. The van der Waals surface area contributed by atoms with Gasteiger partial charge >= 0.3 is 0 Å². The molecular weight excluding hydrogens is 272 g/mol. The number of morpholine rings is 1. The molecule has 0 bridgehead atoms. The van der Waals surface area contributed by atoms with Crippen LogP contribution in [0.4, 0.5) is 0 Å². The summed E-state index contributed by atoms with van der Waals surface area (Å²) in [6.07, 6.45) is 0. The maximum atomic E-state index is 12.2. The van der Waals surface area contributed by atoms with Crippen molar-refractivity contribution in [2.75, 3.05) is 32.8 Å². The third-order valence-electron chi connectivity index (χ3n) is 3.94. The van der Waals surface area contributed by atoms with Crippen molar-refractivity contribution < 1.29 is 9.53 Å². The van der Waals surface area contributed by atoms with E-state index in [4.69, 9.17) is 4.74 Å². The molecule has 1 fully saturated rings. The third kappa shape index (κ3) is 3.59. The molecule has 20 heavy (non-hydrogen) atoms. The van der Waals surface area contributed by atoms with Crippen LogP contribution >= 0.6 is 11.3 Å². The van der Waals surface area contributed by atoms with Gasteiger partial charge < -0.3 is 10.1 Å². The number of nitrogens with one attached hydrogen (secondary N) is 1. The Balaban J connectivity index is 1.91. The smallest absolute Gasteiger partial charge is 0.261 e. The Kier molecular flexibility index (Phi) is 4.83. The van der Waals surface area contributed by atoms with Crippen molar-refractivity contribution in [1.29, 1.82) is 0 Å². The molecule has 1 aromatic rings. The first-order valence-corrected chi connectivity index (χ1v) is 7.90. The molecule has 1 N–H and O–H groups in total. The number of amides is 1. The van der Waals surface area contributed by atoms with Crippen molar-refractivity contribution in [2.24, 2.45) is 0 Å². The number of carbonyl (C=O) groups excluding carboxylic acids is 1. The lowest BCUT2D eigenvalue weighted by molar-refractivity contribution is -0.00922. The Morgan fingerprint density at radius 2 is 2.05 bits per heavy atom. The fourth-order valence-corrected chi connectivity index (χ4v) is 3.30. The molecule has 0 radical (unpaired) electrons. The molecule has 1 aliphatic rings. The summed E-state index contributed by atoms with van der Waals surface area (Å²) in [5, 5.41) is 3.07. The summed E-state index contributed by atoms with van der Waals surface area (Å²) >= 11 is 1.56. The molecule has 1 saturated heterocycles. The average molecular weight is 296 g/mol. The lowest BCUT2D eigenvalue weighted by atomic mass is 10.0. The second-order valence-electron chi connectivity index (χ2n) is 5.94. The standard InChI is InChI=1S/C15H24N2O2S/c1-11-9-13(20-12(11)2)14(18)16-10-15(3,4)17-5-7-19-8-6-17/h9H,5-8,10H2,1-4H3,(H,16,18). The molecule has 0 unspecified atom stereocenters. The van der Waals surface area contributed by atoms with Gasteiger partial charge in [-0.15, -0.1) is 11.3 Å². The zero-order valence-electron chi connectivity index (χ0n) is 12.8. The predicted octanol–water partition coefficient (Wildman–Crippen LogP) is 2.21. The first-order valence-electron chi connectivity index (χ1n) is 7.08. The van der Waals surface area contributed by atoms with Crippen molar-refractivity contribution in [3.8, 4) is 0 Å². The van der Waals surface area contributed by atoms with Crippen molar-refractivity contribution in [3.05, 3.63) is 21.4 Å². The van der Waals surface area contributed by atoms with E-state index in [1.54, 1.807) is 11.3 Å². The van der Waals surface area contributed by atoms with Crippen molar-refractivity contribution >= 4 is 17.2 Å². The van der Waals surface area contributed by atoms with Crippen LogP contribution < -0.4 is 5.32 Å². The van der Waals surface area contributed by atoms with Gasteiger partial charge in [0.05, 0.1) is 18.1 Å². The van der Waals surface area contributed by atoms with Gasteiger partial charge in [-0.3, -0.25) is 9.69 Å². The molecule has 0 aliphatic carbocycles. The first kappa shape index (κ1) is 15.5. The third-order valence-corrected chi connectivity index (χ3v) is 5.09. The maximum Gasteiger partial charge on any atom is 0.261 e. The molecule has 112 valence electrons. The Morgan fingerprint density at radius 1 is 1.40 bits per heavy atom.